The van der Waals surface area contributed by atoms with E-state index >= 15 is 0 Å². The molecular formula is C20H20F3N3O6. The molecule has 3 N–H and O–H groups in total. The van der Waals surface area contributed by atoms with Crippen molar-refractivity contribution in [1.29, 1.82) is 0 Å². The third kappa shape index (κ3) is 4.58. The van der Waals surface area contributed by atoms with Crippen LogP contribution in [0.15, 0.2) is 18.2 Å². The minimum absolute atomic E-state index is 0.0495. The zero-order valence-electron chi connectivity index (χ0n) is 16.7. The fourth-order valence-electron chi connectivity index (χ4n) is 3.87. The first kappa shape index (κ1) is 23.2. The normalized spacial score (nSPS) is 23.0. The molecular weight excluding hydrogens is 435 g/mol. The summed E-state index contributed by atoms with van der Waals surface area (Å²) in [7, 11) is 0. The second kappa shape index (κ2) is 8.97. The number of nitrogens with one attached hydrogen (secondary N) is 2. The summed E-state index contributed by atoms with van der Waals surface area (Å²) in [4.78, 5) is 59.6. The van der Waals surface area contributed by atoms with E-state index in [4.69, 9.17) is 9.90 Å². The van der Waals surface area contributed by atoms with Gasteiger partial charge in [0.1, 0.15) is 6.04 Å². The third-order valence-corrected chi connectivity index (χ3v) is 5.44. The topological polar surface area (TPSA) is 133 Å². The molecule has 9 nitrogen and oxygen atoms in total. The van der Waals surface area contributed by atoms with E-state index in [0.29, 0.717) is 30.6 Å². The van der Waals surface area contributed by atoms with Crippen LogP contribution in [0.4, 0.5) is 13.2 Å². The fourth-order valence-corrected chi connectivity index (χ4v) is 3.87. The summed E-state index contributed by atoms with van der Waals surface area (Å²) in [5.41, 5.74) is 1.34. The molecule has 0 aliphatic carbocycles. The Morgan fingerprint density at radius 2 is 1.50 bits per heavy atom. The van der Waals surface area contributed by atoms with Crippen LogP contribution in [-0.4, -0.2) is 64.9 Å². The number of nitrogens with zero attached hydrogens (tertiary/aromatic N) is 1. The molecule has 32 heavy (non-hydrogen) atoms. The van der Waals surface area contributed by atoms with E-state index in [9.17, 15) is 32.3 Å². The monoisotopic (exact) mass is 455 g/mol. The van der Waals surface area contributed by atoms with Crippen molar-refractivity contribution in [3.8, 4) is 0 Å². The summed E-state index contributed by atoms with van der Waals surface area (Å²) in [6.07, 6.45) is -2.26. The number of benzene rings is 1. The first-order valence-corrected chi connectivity index (χ1v) is 9.89. The number of amides is 4. The highest BCUT2D eigenvalue weighted by atomic mass is 19.4. The van der Waals surface area contributed by atoms with Gasteiger partial charge in [0.15, 0.2) is 0 Å². The summed E-state index contributed by atoms with van der Waals surface area (Å²) < 4.78 is 31.7. The Bertz CT molecular complexity index is 978. The Morgan fingerprint density at radius 1 is 0.938 bits per heavy atom. The maximum atomic E-state index is 12.8. The summed E-state index contributed by atoms with van der Waals surface area (Å²) >= 11 is 0. The second-order valence-electron chi connectivity index (χ2n) is 7.52. The first-order valence-electron chi connectivity index (χ1n) is 9.89. The van der Waals surface area contributed by atoms with Crippen LogP contribution >= 0.6 is 0 Å². The third-order valence-electron chi connectivity index (χ3n) is 5.44. The number of hydrogen-bond donors (Lipinski definition) is 3. The predicted molar refractivity (Wildman–Crippen MR) is 102 cm³/mol. The van der Waals surface area contributed by atoms with Crippen molar-refractivity contribution in [3.63, 3.8) is 0 Å². The number of fused-ring (bicyclic) bond motifs is 1. The van der Waals surface area contributed by atoms with Crippen LogP contribution in [-0.2, 0) is 14.4 Å². The van der Waals surface area contributed by atoms with Crippen molar-refractivity contribution >= 4 is 29.6 Å². The molecule has 2 unspecified atom stereocenters. The van der Waals surface area contributed by atoms with Gasteiger partial charge in [0.2, 0.25) is 11.8 Å². The molecule has 0 aromatic heterocycles. The highest BCUT2D eigenvalue weighted by Crippen LogP contribution is 2.32. The number of rotatable bonds is 2. The van der Waals surface area contributed by atoms with Gasteiger partial charge in [0.05, 0.1) is 17.0 Å². The molecule has 2 fully saturated rings. The Hall–Kier alpha value is -3.44. The SMILES string of the molecule is O=C(O)C(F)(F)F.O=C1NCCCC1c1ccc2c(c1)C(=O)N(C1CCCNC1=O)C2=O. The fraction of sp³-hybridized carbons (Fsp3) is 0.450. The zero-order valence-corrected chi connectivity index (χ0v) is 16.7. The molecule has 0 bridgehead atoms. The maximum absolute atomic E-state index is 12.8. The number of piperidine rings is 2. The Labute approximate surface area is 179 Å². The molecule has 0 spiro atoms. The standard InChI is InChI=1S/C18H19N3O4.C2HF3O2/c22-15-11(3-1-7-19-15)10-5-6-12-13(9-10)18(25)21(17(12)24)14-4-2-8-20-16(14)23;3-2(4,5)1(6)7/h5-6,9,11,14H,1-4,7-8H2,(H,19,22)(H,20,23);(H,6,7). The molecule has 172 valence electrons. The molecule has 3 aliphatic heterocycles. The quantitative estimate of drug-likeness (QED) is 0.574. The number of carboxylic acid groups (broad SMARTS) is 1. The number of aliphatic carboxylic acids is 1. The predicted octanol–water partition coefficient (Wildman–Crippen LogP) is 1.19. The molecule has 12 heteroatoms. The second-order valence-corrected chi connectivity index (χ2v) is 7.52. The minimum Gasteiger partial charge on any atom is -0.475 e. The Balaban J connectivity index is 0.000000360. The van der Waals surface area contributed by atoms with Gasteiger partial charge in [-0.1, -0.05) is 6.07 Å². The Kier molecular flexibility index (Phi) is 6.51. The van der Waals surface area contributed by atoms with E-state index in [1.165, 1.54) is 0 Å². The zero-order chi connectivity index (χ0) is 23.6. The van der Waals surface area contributed by atoms with E-state index in [-0.39, 0.29) is 17.7 Å². The van der Waals surface area contributed by atoms with Gasteiger partial charge in [-0.3, -0.25) is 24.1 Å². The van der Waals surface area contributed by atoms with Crippen LogP contribution in [0.25, 0.3) is 0 Å². The van der Waals surface area contributed by atoms with Gasteiger partial charge in [-0.2, -0.15) is 13.2 Å². The van der Waals surface area contributed by atoms with Crippen LogP contribution in [0.1, 0.15) is 57.9 Å². The number of halogens is 3. The lowest BCUT2D eigenvalue weighted by Crippen LogP contribution is -2.52. The summed E-state index contributed by atoms with van der Waals surface area (Å²) in [6.45, 7) is 1.24. The summed E-state index contributed by atoms with van der Waals surface area (Å²) in [5, 5.41) is 12.7. The van der Waals surface area contributed by atoms with E-state index in [1.54, 1.807) is 18.2 Å². The average molecular weight is 455 g/mol. The molecule has 1 aromatic rings. The number of imide groups is 1. The van der Waals surface area contributed by atoms with Crippen LogP contribution < -0.4 is 10.6 Å². The maximum Gasteiger partial charge on any atom is 0.490 e. The smallest absolute Gasteiger partial charge is 0.475 e. The van der Waals surface area contributed by atoms with E-state index in [0.717, 1.165) is 29.7 Å². The molecule has 4 rings (SSSR count). The molecule has 2 saturated heterocycles. The highest BCUT2D eigenvalue weighted by molar-refractivity contribution is 6.23. The summed E-state index contributed by atoms with van der Waals surface area (Å²) in [5.74, 6) is -4.26. The average Bonchev–Trinajstić information content (AvgIpc) is 2.98. The Morgan fingerprint density at radius 3 is 2.06 bits per heavy atom. The van der Waals surface area contributed by atoms with E-state index in [2.05, 4.69) is 10.6 Å². The number of carboxylic acids is 1. The van der Waals surface area contributed by atoms with Gasteiger partial charge in [-0.15, -0.1) is 0 Å². The van der Waals surface area contributed by atoms with Gasteiger partial charge < -0.3 is 15.7 Å². The van der Waals surface area contributed by atoms with Gasteiger partial charge in [0, 0.05) is 13.1 Å². The van der Waals surface area contributed by atoms with Crippen molar-refractivity contribution in [3.05, 3.63) is 34.9 Å². The number of carbonyl (C=O) groups is 5. The lowest BCUT2D eigenvalue weighted by atomic mass is 9.89. The van der Waals surface area contributed by atoms with Crippen LogP contribution in [0.2, 0.25) is 0 Å². The molecule has 0 radical (unpaired) electrons. The van der Waals surface area contributed by atoms with Crippen molar-refractivity contribution in [2.75, 3.05) is 13.1 Å². The van der Waals surface area contributed by atoms with Crippen LogP contribution in [0.3, 0.4) is 0 Å². The molecule has 1 aromatic carbocycles. The largest absolute Gasteiger partial charge is 0.490 e. The van der Waals surface area contributed by atoms with Crippen molar-refractivity contribution in [1.82, 2.24) is 15.5 Å². The van der Waals surface area contributed by atoms with Crippen LogP contribution in [0, 0.1) is 0 Å². The summed E-state index contributed by atoms with van der Waals surface area (Å²) in [6, 6.07) is 4.24. The van der Waals surface area contributed by atoms with Gasteiger partial charge in [0.25, 0.3) is 11.8 Å². The van der Waals surface area contributed by atoms with Crippen LogP contribution in [0.5, 0.6) is 0 Å². The van der Waals surface area contributed by atoms with Crippen molar-refractivity contribution < 1.29 is 42.3 Å². The number of hydrogen-bond acceptors (Lipinski definition) is 5. The van der Waals surface area contributed by atoms with Gasteiger partial charge >= 0.3 is 12.1 Å². The highest BCUT2D eigenvalue weighted by Gasteiger charge is 2.44. The molecule has 4 amide bonds. The number of carbonyl (C=O) groups excluding carboxylic acids is 4. The lowest BCUT2D eigenvalue weighted by molar-refractivity contribution is -0.192. The van der Waals surface area contributed by atoms with E-state index in [1.807, 2.05) is 0 Å². The molecule has 3 aliphatic rings. The van der Waals surface area contributed by atoms with Crippen molar-refractivity contribution in [2.45, 2.75) is 43.8 Å². The first-order chi connectivity index (χ1) is 15.0. The van der Waals surface area contributed by atoms with Gasteiger partial charge in [-0.25, -0.2) is 4.79 Å². The van der Waals surface area contributed by atoms with E-state index < -0.39 is 30.0 Å². The lowest BCUT2D eigenvalue weighted by Gasteiger charge is -2.28. The molecule has 3 heterocycles. The minimum atomic E-state index is -5.08. The van der Waals surface area contributed by atoms with Crippen molar-refractivity contribution in [2.24, 2.45) is 0 Å². The molecule has 2 atom stereocenters. The molecule has 0 saturated carbocycles. The van der Waals surface area contributed by atoms with Gasteiger partial charge in [-0.05, 0) is 43.4 Å². The number of alkyl halides is 3.